The van der Waals surface area contributed by atoms with Crippen LogP contribution < -0.4 is 4.90 Å². The minimum absolute atomic E-state index is 0.0331. The minimum Gasteiger partial charge on any atom is -0.352 e. The lowest BCUT2D eigenvalue weighted by Gasteiger charge is -2.37. The average Bonchev–Trinajstić information content (AvgIpc) is 2.67. The number of pyridine rings is 1. The van der Waals surface area contributed by atoms with Crippen molar-refractivity contribution in [3.8, 4) is 6.07 Å². The van der Waals surface area contributed by atoms with Crippen molar-refractivity contribution >= 4 is 11.7 Å². The molecule has 27 heavy (non-hydrogen) atoms. The Morgan fingerprint density at radius 1 is 1.07 bits per heavy atom. The number of hydrogen-bond donors (Lipinski definition) is 0. The first-order chi connectivity index (χ1) is 12.9. The Hall–Kier alpha value is -2.09. The summed E-state index contributed by atoms with van der Waals surface area (Å²) in [4.78, 5) is 21.5. The zero-order chi connectivity index (χ0) is 19.6. The van der Waals surface area contributed by atoms with E-state index in [2.05, 4.69) is 24.8 Å². The molecule has 3 rings (SSSR count). The molecule has 1 aliphatic heterocycles. The number of fused-ring (bicyclic) bond motifs is 1. The normalized spacial score (nSPS) is 17.2. The van der Waals surface area contributed by atoms with Gasteiger partial charge in [0, 0.05) is 37.8 Å². The molecule has 0 N–H and O–H groups in total. The van der Waals surface area contributed by atoms with E-state index in [-0.39, 0.29) is 11.8 Å². The second-order valence-corrected chi connectivity index (χ2v) is 8.60. The summed E-state index contributed by atoms with van der Waals surface area (Å²) in [6.45, 7) is 11.3. The maximum atomic E-state index is 12.3. The predicted molar refractivity (Wildman–Crippen MR) is 108 cm³/mol. The van der Waals surface area contributed by atoms with Gasteiger partial charge in [0.05, 0.1) is 5.56 Å². The maximum Gasteiger partial charge on any atom is 0.225 e. The van der Waals surface area contributed by atoms with Crippen molar-refractivity contribution in [2.45, 2.75) is 59.8 Å². The molecule has 5 nitrogen and oxygen atoms in total. The van der Waals surface area contributed by atoms with Crippen molar-refractivity contribution < 1.29 is 4.79 Å². The first-order valence-electron chi connectivity index (χ1n) is 10.4. The Bertz CT molecular complexity index is 740. The third-order valence-electron chi connectivity index (χ3n) is 5.68. The summed E-state index contributed by atoms with van der Waals surface area (Å²) < 4.78 is 0. The molecular weight excluding hydrogens is 336 g/mol. The number of anilines is 1. The zero-order valence-electron chi connectivity index (χ0n) is 17.2. The van der Waals surface area contributed by atoms with Gasteiger partial charge < -0.3 is 9.80 Å². The van der Waals surface area contributed by atoms with Crippen molar-refractivity contribution in [1.29, 1.82) is 5.26 Å². The molecule has 1 aromatic rings. The summed E-state index contributed by atoms with van der Waals surface area (Å²) >= 11 is 0. The van der Waals surface area contributed by atoms with Crippen molar-refractivity contribution in [1.82, 2.24) is 9.88 Å². The number of carbonyl (C=O) groups is 1. The second-order valence-electron chi connectivity index (χ2n) is 8.60. The smallest absolute Gasteiger partial charge is 0.225 e. The molecule has 0 unspecified atom stereocenters. The number of amides is 1. The lowest BCUT2D eigenvalue weighted by atomic mass is 9.85. The molecule has 1 saturated heterocycles. The van der Waals surface area contributed by atoms with Crippen LogP contribution in [-0.4, -0.2) is 42.0 Å². The SMILES string of the molecule is CC(C)Cc1nc(N2CCN(C(=O)C(C)C)CC2)c(C#N)c2c1CCCC2. The fraction of sp³-hybridized carbons (Fsp3) is 0.682. The third-order valence-corrected chi connectivity index (χ3v) is 5.68. The van der Waals surface area contributed by atoms with Crippen LogP contribution in [0, 0.1) is 23.2 Å². The van der Waals surface area contributed by atoms with Crippen LogP contribution in [0.25, 0.3) is 0 Å². The van der Waals surface area contributed by atoms with E-state index in [1.165, 1.54) is 23.2 Å². The van der Waals surface area contributed by atoms with Gasteiger partial charge in [0.1, 0.15) is 11.9 Å². The molecule has 0 saturated carbocycles. The van der Waals surface area contributed by atoms with Gasteiger partial charge in [-0.15, -0.1) is 0 Å². The van der Waals surface area contributed by atoms with E-state index in [1.807, 2.05) is 18.7 Å². The first-order valence-corrected chi connectivity index (χ1v) is 10.4. The third kappa shape index (κ3) is 4.10. The van der Waals surface area contributed by atoms with Crippen LogP contribution in [0.5, 0.6) is 0 Å². The lowest BCUT2D eigenvalue weighted by molar-refractivity contribution is -0.134. The lowest BCUT2D eigenvalue weighted by Crippen LogP contribution is -2.50. The van der Waals surface area contributed by atoms with Gasteiger partial charge in [0.2, 0.25) is 5.91 Å². The van der Waals surface area contributed by atoms with Crippen molar-refractivity contribution in [2.24, 2.45) is 11.8 Å². The van der Waals surface area contributed by atoms with Crippen LogP contribution in [-0.2, 0) is 24.1 Å². The second kappa shape index (κ2) is 8.29. The highest BCUT2D eigenvalue weighted by Crippen LogP contribution is 2.33. The summed E-state index contributed by atoms with van der Waals surface area (Å²) in [7, 11) is 0. The van der Waals surface area contributed by atoms with E-state index in [4.69, 9.17) is 4.98 Å². The molecule has 0 radical (unpaired) electrons. The van der Waals surface area contributed by atoms with E-state index < -0.39 is 0 Å². The Balaban J connectivity index is 1.91. The van der Waals surface area contributed by atoms with Crippen LogP contribution >= 0.6 is 0 Å². The molecule has 1 aromatic heterocycles. The van der Waals surface area contributed by atoms with Gasteiger partial charge in [0.25, 0.3) is 0 Å². The predicted octanol–water partition coefficient (Wildman–Crippen LogP) is 3.34. The minimum atomic E-state index is 0.0331. The largest absolute Gasteiger partial charge is 0.352 e. The highest BCUT2D eigenvalue weighted by Gasteiger charge is 2.28. The van der Waals surface area contributed by atoms with E-state index >= 15 is 0 Å². The molecule has 0 spiro atoms. The van der Waals surface area contributed by atoms with Gasteiger partial charge in [-0.1, -0.05) is 27.7 Å². The highest BCUT2D eigenvalue weighted by molar-refractivity contribution is 5.78. The van der Waals surface area contributed by atoms with Crippen molar-refractivity contribution in [2.75, 3.05) is 31.1 Å². The molecular formula is C22H32N4O. The van der Waals surface area contributed by atoms with Gasteiger partial charge in [-0.25, -0.2) is 4.98 Å². The number of nitriles is 1. The number of nitrogens with zero attached hydrogens (tertiary/aromatic N) is 4. The number of rotatable bonds is 4. The molecule has 5 heteroatoms. The summed E-state index contributed by atoms with van der Waals surface area (Å²) in [5.74, 6) is 1.65. The number of carbonyl (C=O) groups excluding carboxylic acids is 1. The van der Waals surface area contributed by atoms with Crippen LogP contribution in [0.4, 0.5) is 5.82 Å². The van der Waals surface area contributed by atoms with Crippen LogP contribution in [0.3, 0.4) is 0 Å². The van der Waals surface area contributed by atoms with E-state index in [9.17, 15) is 10.1 Å². The summed E-state index contributed by atoms with van der Waals surface area (Å²) in [6.07, 6.45) is 5.36. The average molecular weight is 369 g/mol. The number of hydrogen-bond acceptors (Lipinski definition) is 4. The van der Waals surface area contributed by atoms with E-state index in [1.54, 1.807) is 0 Å². The van der Waals surface area contributed by atoms with Crippen LogP contribution in [0.2, 0.25) is 0 Å². The quantitative estimate of drug-likeness (QED) is 0.818. The summed E-state index contributed by atoms with van der Waals surface area (Å²) in [6, 6.07) is 2.47. The van der Waals surface area contributed by atoms with Gasteiger partial charge in [-0.2, -0.15) is 5.26 Å². The Labute approximate surface area is 163 Å². The van der Waals surface area contributed by atoms with E-state index in [0.717, 1.165) is 50.2 Å². The Morgan fingerprint density at radius 3 is 2.26 bits per heavy atom. The molecule has 0 bridgehead atoms. The summed E-state index contributed by atoms with van der Waals surface area (Å²) in [5.41, 5.74) is 4.55. The van der Waals surface area contributed by atoms with Crippen LogP contribution in [0.1, 0.15) is 62.9 Å². The standard InChI is InChI=1S/C22H32N4O/c1-15(2)13-20-18-8-6-5-7-17(18)19(14-23)21(24-20)25-9-11-26(12-10-25)22(27)16(3)4/h15-16H,5-13H2,1-4H3. The van der Waals surface area contributed by atoms with Crippen LogP contribution in [0.15, 0.2) is 0 Å². The maximum absolute atomic E-state index is 12.3. The molecule has 0 atom stereocenters. The Kier molecular flexibility index (Phi) is 6.04. The fourth-order valence-corrected chi connectivity index (χ4v) is 4.29. The van der Waals surface area contributed by atoms with Gasteiger partial charge in [-0.05, 0) is 49.1 Å². The van der Waals surface area contributed by atoms with E-state index in [0.29, 0.717) is 19.0 Å². The van der Waals surface area contributed by atoms with Gasteiger partial charge in [-0.3, -0.25) is 4.79 Å². The Morgan fingerprint density at radius 2 is 1.70 bits per heavy atom. The molecule has 2 heterocycles. The number of piperazine rings is 1. The topological polar surface area (TPSA) is 60.2 Å². The molecule has 0 aromatic carbocycles. The van der Waals surface area contributed by atoms with Crippen molar-refractivity contribution in [3.05, 3.63) is 22.4 Å². The van der Waals surface area contributed by atoms with Gasteiger partial charge >= 0.3 is 0 Å². The zero-order valence-corrected chi connectivity index (χ0v) is 17.2. The molecule has 1 amide bonds. The fourth-order valence-electron chi connectivity index (χ4n) is 4.29. The monoisotopic (exact) mass is 368 g/mol. The molecule has 1 aliphatic carbocycles. The number of aromatic nitrogens is 1. The van der Waals surface area contributed by atoms with Crippen molar-refractivity contribution in [3.63, 3.8) is 0 Å². The molecule has 2 aliphatic rings. The highest BCUT2D eigenvalue weighted by atomic mass is 16.2. The first kappa shape index (κ1) is 19.7. The summed E-state index contributed by atoms with van der Waals surface area (Å²) in [5, 5.41) is 9.91. The molecule has 1 fully saturated rings. The molecule has 146 valence electrons. The van der Waals surface area contributed by atoms with Gasteiger partial charge in [0.15, 0.2) is 0 Å².